The molecule has 0 spiro atoms. The molecular weight excluding hydrogens is 188 g/mol. The Labute approximate surface area is 84.2 Å². The predicted octanol–water partition coefficient (Wildman–Crippen LogP) is 1.82. The lowest BCUT2D eigenvalue weighted by atomic mass is 10.2. The third kappa shape index (κ3) is 7.64. The highest BCUT2D eigenvalue weighted by Gasteiger charge is 2.16. The molecule has 0 rings (SSSR count). The van der Waals surface area contributed by atoms with Crippen LogP contribution in [-0.2, 0) is 4.74 Å². The first-order chi connectivity index (χ1) is 5.85. The lowest BCUT2D eigenvalue weighted by Crippen LogP contribution is -2.36. The standard InChI is InChI=1S/C8H16N2O2S/c1-6(9-5-13)10-7(11)12-8(2,3)4/h5-6H,1-4H3,(H,9,13)(H,10,11). The van der Waals surface area contributed by atoms with Gasteiger partial charge < -0.3 is 4.74 Å². The number of hydrogen-bond donors (Lipinski definition) is 2. The van der Waals surface area contributed by atoms with Gasteiger partial charge in [-0.05, 0) is 27.7 Å². The monoisotopic (exact) mass is 204 g/mol. The molecule has 4 nitrogen and oxygen atoms in total. The first-order valence-electron chi connectivity index (χ1n) is 4.00. The number of amides is 1. The third-order valence-electron chi connectivity index (χ3n) is 1.02. The second kappa shape index (κ2) is 5.11. The van der Waals surface area contributed by atoms with Crippen molar-refractivity contribution in [3.63, 3.8) is 0 Å². The van der Waals surface area contributed by atoms with E-state index in [1.807, 2.05) is 0 Å². The van der Waals surface area contributed by atoms with Crippen molar-refractivity contribution in [1.29, 1.82) is 0 Å². The molecule has 0 aliphatic carbocycles. The van der Waals surface area contributed by atoms with Crippen molar-refractivity contribution in [3.05, 3.63) is 0 Å². The van der Waals surface area contributed by atoms with Crippen LogP contribution in [0.15, 0.2) is 4.99 Å². The predicted molar refractivity (Wildman–Crippen MR) is 56.3 cm³/mol. The van der Waals surface area contributed by atoms with E-state index in [4.69, 9.17) is 4.74 Å². The molecule has 5 heteroatoms. The van der Waals surface area contributed by atoms with Crippen molar-refractivity contribution in [2.45, 2.75) is 39.5 Å². The molecule has 0 bridgehead atoms. The fourth-order valence-corrected chi connectivity index (χ4v) is 0.815. The molecule has 1 unspecified atom stereocenters. The van der Waals surface area contributed by atoms with Gasteiger partial charge in [-0.2, -0.15) is 0 Å². The van der Waals surface area contributed by atoms with Crippen LogP contribution in [0.25, 0.3) is 0 Å². The summed E-state index contributed by atoms with van der Waals surface area (Å²) in [5, 5.41) is 2.53. The first kappa shape index (κ1) is 12.3. The number of nitrogens with zero attached hydrogens (tertiary/aromatic N) is 1. The summed E-state index contributed by atoms with van der Waals surface area (Å²) in [4.78, 5) is 14.9. The van der Waals surface area contributed by atoms with Crippen LogP contribution in [0.4, 0.5) is 4.79 Å². The maximum atomic E-state index is 11.1. The van der Waals surface area contributed by atoms with E-state index in [2.05, 4.69) is 22.9 Å². The number of carbonyl (C=O) groups excluding carboxylic acids is 1. The summed E-state index contributed by atoms with van der Waals surface area (Å²) >= 11 is 3.78. The first-order valence-corrected chi connectivity index (χ1v) is 4.52. The van der Waals surface area contributed by atoms with Gasteiger partial charge in [-0.15, -0.1) is 12.6 Å². The van der Waals surface area contributed by atoms with Crippen LogP contribution in [0.3, 0.4) is 0 Å². The summed E-state index contributed by atoms with van der Waals surface area (Å²) in [6.45, 7) is 7.15. The van der Waals surface area contributed by atoms with Crippen LogP contribution in [0, 0.1) is 0 Å². The number of nitrogens with one attached hydrogen (secondary N) is 1. The van der Waals surface area contributed by atoms with Gasteiger partial charge in [0.15, 0.2) is 0 Å². The zero-order valence-corrected chi connectivity index (χ0v) is 9.26. The summed E-state index contributed by atoms with van der Waals surface area (Å²) in [6, 6.07) is 0. The Morgan fingerprint density at radius 3 is 2.54 bits per heavy atom. The topological polar surface area (TPSA) is 50.7 Å². The van der Waals surface area contributed by atoms with Crippen molar-refractivity contribution in [1.82, 2.24) is 5.32 Å². The van der Waals surface area contributed by atoms with E-state index in [-0.39, 0.29) is 6.17 Å². The van der Waals surface area contributed by atoms with Gasteiger partial charge >= 0.3 is 6.09 Å². The van der Waals surface area contributed by atoms with Crippen LogP contribution < -0.4 is 5.32 Å². The molecule has 1 amide bonds. The number of carbonyl (C=O) groups is 1. The quantitative estimate of drug-likeness (QED) is 0.409. The van der Waals surface area contributed by atoms with Crippen LogP contribution in [-0.4, -0.2) is 23.4 Å². The van der Waals surface area contributed by atoms with E-state index in [1.165, 1.54) is 5.55 Å². The van der Waals surface area contributed by atoms with Crippen molar-refractivity contribution in [3.8, 4) is 0 Å². The Balaban J connectivity index is 3.88. The Morgan fingerprint density at radius 2 is 2.15 bits per heavy atom. The summed E-state index contributed by atoms with van der Waals surface area (Å²) in [6.07, 6.45) is -0.786. The van der Waals surface area contributed by atoms with Gasteiger partial charge in [0.25, 0.3) is 0 Å². The lowest BCUT2D eigenvalue weighted by molar-refractivity contribution is 0.0511. The molecule has 0 aromatic carbocycles. The van der Waals surface area contributed by atoms with Gasteiger partial charge in [0.2, 0.25) is 0 Å². The second-order valence-electron chi connectivity index (χ2n) is 3.59. The van der Waals surface area contributed by atoms with Crippen LogP contribution in [0.5, 0.6) is 0 Å². The molecule has 0 saturated heterocycles. The molecule has 0 fully saturated rings. The number of alkyl carbamates (subject to hydrolysis) is 1. The molecule has 0 aromatic rings. The summed E-state index contributed by atoms with van der Waals surface area (Å²) in [7, 11) is 0. The average Bonchev–Trinajstić information content (AvgIpc) is 1.81. The molecule has 0 aliphatic heterocycles. The lowest BCUT2D eigenvalue weighted by Gasteiger charge is -2.20. The molecule has 0 saturated carbocycles. The summed E-state index contributed by atoms with van der Waals surface area (Å²) < 4.78 is 5.01. The Kier molecular flexibility index (Phi) is 4.83. The SMILES string of the molecule is CC(/N=C\S)NC(=O)OC(C)(C)C. The van der Waals surface area contributed by atoms with E-state index < -0.39 is 11.7 Å². The van der Waals surface area contributed by atoms with Crippen LogP contribution in [0.2, 0.25) is 0 Å². The van der Waals surface area contributed by atoms with E-state index >= 15 is 0 Å². The van der Waals surface area contributed by atoms with Crippen LogP contribution >= 0.6 is 12.6 Å². The number of ether oxygens (including phenoxy) is 1. The third-order valence-corrected chi connectivity index (χ3v) is 1.15. The number of rotatable bonds is 2. The smallest absolute Gasteiger partial charge is 0.409 e. The van der Waals surface area contributed by atoms with E-state index in [0.29, 0.717) is 0 Å². The van der Waals surface area contributed by atoms with Gasteiger partial charge in [0.05, 0.1) is 5.55 Å². The molecule has 76 valence electrons. The average molecular weight is 204 g/mol. The number of hydrogen-bond acceptors (Lipinski definition) is 3. The Bertz CT molecular complexity index is 199. The second-order valence-corrected chi connectivity index (χ2v) is 3.82. The van der Waals surface area contributed by atoms with Gasteiger partial charge in [0, 0.05) is 0 Å². The normalized spacial score (nSPS) is 14.2. The molecule has 0 heterocycles. The number of aliphatic imine (C=N–C) groups is 1. The fourth-order valence-electron chi connectivity index (χ4n) is 0.615. The van der Waals surface area contributed by atoms with Crippen molar-refractivity contribution >= 4 is 24.3 Å². The molecule has 0 aromatic heterocycles. The van der Waals surface area contributed by atoms with Crippen molar-refractivity contribution < 1.29 is 9.53 Å². The van der Waals surface area contributed by atoms with Crippen LogP contribution in [0.1, 0.15) is 27.7 Å². The number of thiol groups is 1. The Morgan fingerprint density at radius 1 is 1.62 bits per heavy atom. The van der Waals surface area contributed by atoms with Gasteiger partial charge in [0.1, 0.15) is 11.8 Å². The van der Waals surface area contributed by atoms with Gasteiger partial charge in [-0.25, -0.2) is 4.79 Å². The maximum absolute atomic E-state index is 11.1. The molecule has 0 radical (unpaired) electrons. The molecule has 1 N–H and O–H groups in total. The Hall–Kier alpha value is -0.710. The van der Waals surface area contributed by atoms with E-state index in [0.717, 1.165) is 0 Å². The highest BCUT2D eigenvalue weighted by atomic mass is 32.1. The zero-order chi connectivity index (χ0) is 10.5. The van der Waals surface area contributed by atoms with Gasteiger partial charge in [-0.3, -0.25) is 10.3 Å². The molecule has 13 heavy (non-hydrogen) atoms. The van der Waals surface area contributed by atoms with E-state index in [9.17, 15) is 4.79 Å². The van der Waals surface area contributed by atoms with Crippen molar-refractivity contribution in [2.75, 3.05) is 0 Å². The summed E-state index contributed by atoms with van der Waals surface area (Å²) in [5.74, 6) is 0. The highest BCUT2D eigenvalue weighted by molar-refractivity contribution is 7.94. The highest BCUT2D eigenvalue weighted by Crippen LogP contribution is 2.06. The van der Waals surface area contributed by atoms with E-state index in [1.54, 1.807) is 27.7 Å². The minimum atomic E-state index is -0.478. The largest absolute Gasteiger partial charge is 0.444 e. The zero-order valence-electron chi connectivity index (χ0n) is 8.37. The maximum Gasteiger partial charge on any atom is 0.409 e. The van der Waals surface area contributed by atoms with Gasteiger partial charge in [-0.1, -0.05) is 0 Å². The minimum Gasteiger partial charge on any atom is -0.444 e. The summed E-state index contributed by atoms with van der Waals surface area (Å²) in [5.41, 5.74) is 0.858. The minimum absolute atomic E-state index is 0.313. The molecular formula is C8H16N2O2S. The molecule has 0 aliphatic rings. The van der Waals surface area contributed by atoms with Crippen molar-refractivity contribution in [2.24, 2.45) is 4.99 Å². The molecule has 1 atom stereocenters. The fraction of sp³-hybridized carbons (Fsp3) is 0.750.